The number of amides is 1. The van der Waals surface area contributed by atoms with Gasteiger partial charge >= 0.3 is 0 Å². The number of piperazine rings is 1. The molecule has 1 saturated heterocycles. The van der Waals surface area contributed by atoms with Crippen molar-refractivity contribution in [2.24, 2.45) is 0 Å². The summed E-state index contributed by atoms with van der Waals surface area (Å²) < 4.78 is 11.4. The zero-order valence-electron chi connectivity index (χ0n) is 17.4. The average molecular weight is 398 g/mol. The number of hydrogen-bond donors (Lipinski definition) is 1. The SMILES string of the molecule is CCOc1ccccc1OCCCC(=O)Nc1ccccc1N1CCN(C)CC1. The van der Waals surface area contributed by atoms with Gasteiger partial charge in [0.25, 0.3) is 0 Å². The van der Waals surface area contributed by atoms with Crippen molar-refractivity contribution in [2.75, 3.05) is 56.7 Å². The van der Waals surface area contributed by atoms with E-state index in [-0.39, 0.29) is 5.91 Å². The highest BCUT2D eigenvalue weighted by Gasteiger charge is 2.17. The van der Waals surface area contributed by atoms with Crippen LogP contribution < -0.4 is 19.7 Å². The molecule has 2 aromatic rings. The van der Waals surface area contributed by atoms with Gasteiger partial charge in [0, 0.05) is 32.6 Å². The van der Waals surface area contributed by atoms with Crippen LogP contribution in [-0.2, 0) is 4.79 Å². The third-order valence-electron chi connectivity index (χ3n) is 4.98. The molecule has 1 heterocycles. The molecule has 0 aromatic heterocycles. The molecule has 0 spiro atoms. The van der Waals surface area contributed by atoms with E-state index in [1.54, 1.807) is 0 Å². The maximum Gasteiger partial charge on any atom is 0.224 e. The Hall–Kier alpha value is -2.73. The maximum atomic E-state index is 12.5. The Labute approximate surface area is 173 Å². The fourth-order valence-electron chi connectivity index (χ4n) is 3.37. The standard InChI is InChI=1S/C23H31N3O3/c1-3-28-21-11-6-7-12-22(21)29-18-8-13-23(27)24-19-9-4-5-10-20(19)26-16-14-25(2)15-17-26/h4-7,9-12H,3,8,13-18H2,1-2H3,(H,24,27). The molecule has 156 valence electrons. The fourth-order valence-corrected chi connectivity index (χ4v) is 3.37. The molecule has 1 amide bonds. The van der Waals surface area contributed by atoms with Gasteiger partial charge in [0.15, 0.2) is 11.5 Å². The third kappa shape index (κ3) is 6.12. The molecular weight excluding hydrogens is 366 g/mol. The summed E-state index contributed by atoms with van der Waals surface area (Å²) in [6, 6.07) is 15.6. The van der Waals surface area contributed by atoms with Crippen molar-refractivity contribution in [1.29, 1.82) is 0 Å². The quantitative estimate of drug-likeness (QED) is 0.655. The number of rotatable bonds is 9. The molecule has 0 bridgehead atoms. The lowest BCUT2D eigenvalue weighted by molar-refractivity contribution is -0.116. The first kappa shape index (κ1) is 21.0. The van der Waals surface area contributed by atoms with Crippen molar-refractivity contribution in [2.45, 2.75) is 19.8 Å². The van der Waals surface area contributed by atoms with Crippen molar-refractivity contribution < 1.29 is 14.3 Å². The van der Waals surface area contributed by atoms with Gasteiger partial charge in [-0.2, -0.15) is 0 Å². The van der Waals surface area contributed by atoms with Crippen LogP contribution >= 0.6 is 0 Å². The summed E-state index contributed by atoms with van der Waals surface area (Å²) in [4.78, 5) is 17.1. The average Bonchev–Trinajstić information content (AvgIpc) is 2.74. The van der Waals surface area contributed by atoms with Crippen LogP contribution in [0.25, 0.3) is 0 Å². The van der Waals surface area contributed by atoms with Gasteiger partial charge in [0.05, 0.1) is 24.6 Å². The lowest BCUT2D eigenvalue weighted by atomic mass is 10.2. The van der Waals surface area contributed by atoms with Crippen LogP contribution in [-0.4, -0.2) is 57.2 Å². The number of benzene rings is 2. The molecule has 1 fully saturated rings. The van der Waals surface area contributed by atoms with Crippen LogP contribution in [0.15, 0.2) is 48.5 Å². The number of carbonyl (C=O) groups excluding carboxylic acids is 1. The van der Waals surface area contributed by atoms with Gasteiger partial charge in [0.1, 0.15) is 0 Å². The van der Waals surface area contributed by atoms with Crippen LogP contribution in [0.2, 0.25) is 0 Å². The molecule has 1 aliphatic heterocycles. The molecule has 6 heteroatoms. The van der Waals surface area contributed by atoms with E-state index >= 15 is 0 Å². The lowest BCUT2D eigenvalue weighted by Gasteiger charge is -2.35. The monoisotopic (exact) mass is 397 g/mol. The predicted octanol–water partition coefficient (Wildman–Crippen LogP) is 3.63. The van der Waals surface area contributed by atoms with Gasteiger partial charge in [-0.3, -0.25) is 4.79 Å². The Morgan fingerprint density at radius 2 is 1.62 bits per heavy atom. The zero-order valence-corrected chi connectivity index (χ0v) is 17.4. The molecule has 0 radical (unpaired) electrons. The maximum absolute atomic E-state index is 12.5. The number of likely N-dealkylation sites (N-methyl/N-ethyl adjacent to an activating group) is 1. The highest BCUT2D eigenvalue weighted by molar-refractivity contribution is 5.94. The minimum absolute atomic E-state index is 0.00766. The van der Waals surface area contributed by atoms with E-state index in [9.17, 15) is 4.79 Å². The second-order valence-corrected chi connectivity index (χ2v) is 7.19. The van der Waals surface area contributed by atoms with Crippen molar-refractivity contribution in [3.05, 3.63) is 48.5 Å². The van der Waals surface area contributed by atoms with E-state index in [1.807, 2.05) is 49.4 Å². The summed E-state index contributed by atoms with van der Waals surface area (Å²) in [6.45, 7) is 7.01. The summed E-state index contributed by atoms with van der Waals surface area (Å²) >= 11 is 0. The molecule has 1 aliphatic rings. The zero-order chi connectivity index (χ0) is 20.5. The first-order valence-corrected chi connectivity index (χ1v) is 10.3. The molecule has 3 rings (SSSR count). The van der Waals surface area contributed by atoms with Gasteiger partial charge in [-0.05, 0) is 44.7 Å². The Balaban J connectivity index is 1.48. The van der Waals surface area contributed by atoms with Crippen LogP contribution in [0.3, 0.4) is 0 Å². The molecule has 0 unspecified atom stereocenters. The topological polar surface area (TPSA) is 54.0 Å². The van der Waals surface area contributed by atoms with E-state index < -0.39 is 0 Å². The number of ether oxygens (including phenoxy) is 2. The number of anilines is 2. The summed E-state index contributed by atoms with van der Waals surface area (Å²) in [6.07, 6.45) is 1.05. The Morgan fingerprint density at radius 1 is 0.966 bits per heavy atom. The summed E-state index contributed by atoms with van der Waals surface area (Å²) in [5.41, 5.74) is 1.97. The fraction of sp³-hybridized carbons (Fsp3) is 0.435. The summed E-state index contributed by atoms with van der Waals surface area (Å²) in [7, 11) is 2.14. The molecule has 29 heavy (non-hydrogen) atoms. The second kappa shape index (κ2) is 10.7. The van der Waals surface area contributed by atoms with Crippen molar-refractivity contribution >= 4 is 17.3 Å². The van der Waals surface area contributed by atoms with Crippen LogP contribution in [0, 0.1) is 0 Å². The minimum atomic E-state index is 0.00766. The van der Waals surface area contributed by atoms with Crippen molar-refractivity contribution in [3.8, 4) is 11.5 Å². The van der Waals surface area contributed by atoms with Gasteiger partial charge in [-0.15, -0.1) is 0 Å². The summed E-state index contributed by atoms with van der Waals surface area (Å²) in [5.74, 6) is 1.46. The lowest BCUT2D eigenvalue weighted by Crippen LogP contribution is -2.44. The second-order valence-electron chi connectivity index (χ2n) is 7.19. The molecule has 0 atom stereocenters. The number of hydrogen-bond acceptors (Lipinski definition) is 5. The van der Waals surface area contributed by atoms with Crippen molar-refractivity contribution in [3.63, 3.8) is 0 Å². The highest BCUT2D eigenvalue weighted by atomic mass is 16.5. The Morgan fingerprint density at radius 3 is 2.34 bits per heavy atom. The molecule has 6 nitrogen and oxygen atoms in total. The normalized spacial score (nSPS) is 14.5. The molecule has 1 N–H and O–H groups in total. The number of nitrogens with zero attached hydrogens (tertiary/aromatic N) is 2. The van der Waals surface area contributed by atoms with E-state index in [1.165, 1.54) is 0 Å². The molecule has 0 saturated carbocycles. The number of para-hydroxylation sites is 4. The van der Waals surface area contributed by atoms with Crippen LogP contribution in [0.5, 0.6) is 11.5 Å². The van der Waals surface area contributed by atoms with Crippen LogP contribution in [0.1, 0.15) is 19.8 Å². The Kier molecular flexibility index (Phi) is 7.76. The number of carbonyl (C=O) groups is 1. The third-order valence-corrected chi connectivity index (χ3v) is 4.98. The van der Waals surface area contributed by atoms with Crippen molar-refractivity contribution in [1.82, 2.24) is 4.90 Å². The molecule has 0 aliphatic carbocycles. The molecule has 2 aromatic carbocycles. The van der Waals surface area contributed by atoms with E-state index in [4.69, 9.17) is 9.47 Å². The van der Waals surface area contributed by atoms with Crippen LogP contribution in [0.4, 0.5) is 11.4 Å². The van der Waals surface area contributed by atoms with Gasteiger partial charge in [-0.1, -0.05) is 24.3 Å². The highest BCUT2D eigenvalue weighted by Crippen LogP contribution is 2.28. The molecular formula is C23H31N3O3. The first-order chi connectivity index (χ1) is 14.2. The van der Waals surface area contributed by atoms with E-state index in [2.05, 4.69) is 28.2 Å². The van der Waals surface area contributed by atoms with E-state index in [0.717, 1.165) is 49.1 Å². The van der Waals surface area contributed by atoms with Gasteiger partial charge in [0.2, 0.25) is 5.91 Å². The first-order valence-electron chi connectivity index (χ1n) is 10.3. The summed E-state index contributed by atoms with van der Waals surface area (Å²) in [5, 5.41) is 3.07. The number of nitrogens with one attached hydrogen (secondary N) is 1. The largest absolute Gasteiger partial charge is 0.490 e. The van der Waals surface area contributed by atoms with Gasteiger partial charge in [-0.25, -0.2) is 0 Å². The predicted molar refractivity (Wildman–Crippen MR) is 117 cm³/mol. The minimum Gasteiger partial charge on any atom is -0.490 e. The van der Waals surface area contributed by atoms with Gasteiger partial charge < -0.3 is 24.6 Å². The smallest absolute Gasteiger partial charge is 0.224 e. The van der Waals surface area contributed by atoms with E-state index in [0.29, 0.717) is 26.1 Å². The Bertz CT molecular complexity index is 788.